The third-order valence-corrected chi connectivity index (χ3v) is 5.07. The van der Waals surface area contributed by atoms with Gasteiger partial charge in [0.1, 0.15) is 5.82 Å². The molecule has 4 nitrogen and oxygen atoms in total. The van der Waals surface area contributed by atoms with E-state index < -0.39 is 0 Å². The molecule has 4 heteroatoms. The fraction of sp³-hybridized carbons (Fsp3) is 0.0385. The summed E-state index contributed by atoms with van der Waals surface area (Å²) in [4.78, 5) is 13.9. The van der Waals surface area contributed by atoms with Crippen molar-refractivity contribution in [2.45, 2.75) is 6.04 Å². The number of nitrogens with one attached hydrogen (secondary N) is 1. The summed E-state index contributed by atoms with van der Waals surface area (Å²) >= 11 is 0. The van der Waals surface area contributed by atoms with Gasteiger partial charge in [-0.05, 0) is 35.4 Å². The third kappa shape index (κ3) is 3.63. The Morgan fingerprint density at radius 3 is 1.97 bits per heavy atom. The van der Waals surface area contributed by atoms with Gasteiger partial charge in [0.05, 0.1) is 11.6 Å². The topological polar surface area (TPSA) is 50.7 Å². The summed E-state index contributed by atoms with van der Waals surface area (Å²) in [6.07, 6.45) is 3.55. The predicted octanol–water partition coefficient (Wildman–Crippen LogP) is 5.89. The number of hydrogen-bond acceptors (Lipinski definition) is 4. The Hall–Kier alpha value is -4.05. The quantitative estimate of drug-likeness (QED) is 0.408. The molecule has 0 saturated heterocycles. The maximum Gasteiger partial charge on any atom is 0.163 e. The molecule has 0 aliphatic heterocycles. The van der Waals surface area contributed by atoms with Crippen molar-refractivity contribution < 1.29 is 0 Å². The molecule has 2 heterocycles. The van der Waals surface area contributed by atoms with Gasteiger partial charge in [0.25, 0.3) is 0 Å². The first kappa shape index (κ1) is 18.0. The number of fused-ring (bicyclic) bond motifs is 1. The van der Waals surface area contributed by atoms with E-state index in [-0.39, 0.29) is 6.04 Å². The average molecular weight is 388 g/mol. The highest BCUT2D eigenvalue weighted by molar-refractivity contribution is 5.90. The van der Waals surface area contributed by atoms with E-state index in [0.717, 1.165) is 22.3 Å². The number of rotatable bonds is 5. The smallest absolute Gasteiger partial charge is 0.163 e. The molecule has 0 bridgehead atoms. The number of para-hydroxylation sites is 1. The Bertz CT molecular complexity index is 1220. The van der Waals surface area contributed by atoms with Gasteiger partial charge in [0.2, 0.25) is 0 Å². The minimum absolute atomic E-state index is 0.0348. The zero-order valence-corrected chi connectivity index (χ0v) is 16.3. The maximum atomic E-state index is 4.90. The number of anilines is 1. The van der Waals surface area contributed by atoms with Crippen LogP contribution in [0.25, 0.3) is 22.3 Å². The van der Waals surface area contributed by atoms with Crippen LogP contribution in [0.5, 0.6) is 0 Å². The Morgan fingerprint density at radius 1 is 0.633 bits per heavy atom. The molecule has 30 heavy (non-hydrogen) atoms. The molecule has 0 spiro atoms. The molecule has 0 fully saturated rings. The van der Waals surface area contributed by atoms with Crippen LogP contribution in [0.3, 0.4) is 0 Å². The summed E-state index contributed by atoms with van der Waals surface area (Å²) in [5.41, 5.74) is 4.14. The van der Waals surface area contributed by atoms with Crippen LogP contribution in [0.15, 0.2) is 109 Å². The highest BCUT2D eigenvalue weighted by Gasteiger charge is 2.17. The van der Waals surface area contributed by atoms with Gasteiger partial charge < -0.3 is 5.32 Å². The van der Waals surface area contributed by atoms with Crippen LogP contribution < -0.4 is 5.32 Å². The lowest BCUT2D eigenvalue weighted by molar-refractivity contribution is 0.928. The molecule has 0 aliphatic carbocycles. The summed E-state index contributed by atoms with van der Waals surface area (Å²) in [6.45, 7) is 0. The van der Waals surface area contributed by atoms with E-state index >= 15 is 0 Å². The van der Waals surface area contributed by atoms with Crippen molar-refractivity contribution in [3.8, 4) is 11.4 Å². The monoisotopic (exact) mass is 388 g/mol. The molecule has 0 aliphatic rings. The van der Waals surface area contributed by atoms with Crippen molar-refractivity contribution in [2.75, 3.05) is 5.32 Å². The zero-order valence-electron chi connectivity index (χ0n) is 16.3. The predicted molar refractivity (Wildman–Crippen MR) is 121 cm³/mol. The van der Waals surface area contributed by atoms with Crippen LogP contribution in [0, 0.1) is 0 Å². The van der Waals surface area contributed by atoms with Crippen molar-refractivity contribution in [3.63, 3.8) is 0 Å². The zero-order chi connectivity index (χ0) is 20.2. The van der Waals surface area contributed by atoms with E-state index in [1.165, 1.54) is 11.1 Å². The van der Waals surface area contributed by atoms with Crippen molar-refractivity contribution in [3.05, 3.63) is 121 Å². The fourth-order valence-corrected chi connectivity index (χ4v) is 3.60. The van der Waals surface area contributed by atoms with E-state index in [9.17, 15) is 0 Å². The van der Waals surface area contributed by atoms with Crippen LogP contribution in [-0.4, -0.2) is 15.0 Å². The molecule has 0 unspecified atom stereocenters. The SMILES string of the molecule is c1ccc(C(Nc2nc(-c3cccnc3)nc3ccccc23)c2ccccc2)cc1. The number of benzene rings is 3. The van der Waals surface area contributed by atoms with Crippen LogP contribution in [-0.2, 0) is 0 Å². The van der Waals surface area contributed by atoms with Gasteiger partial charge in [-0.15, -0.1) is 0 Å². The largest absolute Gasteiger partial charge is 0.359 e. The van der Waals surface area contributed by atoms with Crippen molar-refractivity contribution in [1.29, 1.82) is 0 Å². The summed E-state index contributed by atoms with van der Waals surface area (Å²) in [6, 6.07) is 32.8. The Balaban J connectivity index is 1.65. The van der Waals surface area contributed by atoms with Gasteiger partial charge in [-0.25, -0.2) is 9.97 Å². The highest BCUT2D eigenvalue weighted by atomic mass is 15.1. The number of hydrogen-bond donors (Lipinski definition) is 1. The number of aromatic nitrogens is 3. The normalized spacial score (nSPS) is 11.0. The molecule has 2 aromatic heterocycles. The van der Waals surface area contributed by atoms with Gasteiger partial charge in [-0.3, -0.25) is 4.98 Å². The molecule has 0 saturated carbocycles. The molecule has 1 N–H and O–H groups in total. The van der Waals surface area contributed by atoms with Gasteiger partial charge in [0.15, 0.2) is 5.82 Å². The molecular weight excluding hydrogens is 368 g/mol. The van der Waals surface area contributed by atoms with Crippen LogP contribution >= 0.6 is 0 Å². The lowest BCUT2D eigenvalue weighted by atomic mass is 9.98. The number of nitrogens with zero attached hydrogens (tertiary/aromatic N) is 3. The Morgan fingerprint density at radius 2 is 1.30 bits per heavy atom. The first-order valence-corrected chi connectivity index (χ1v) is 9.92. The lowest BCUT2D eigenvalue weighted by Gasteiger charge is -2.22. The molecule has 5 aromatic rings. The minimum Gasteiger partial charge on any atom is -0.359 e. The van der Waals surface area contributed by atoms with E-state index in [1.54, 1.807) is 12.4 Å². The molecule has 144 valence electrons. The second-order valence-electron chi connectivity index (χ2n) is 7.05. The van der Waals surface area contributed by atoms with Gasteiger partial charge in [0, 0.05) is 23.3 Å². The first-order valence-electron chi connectivity index (χ1n) is 9.92. The summed E-state index contributed by atoms with van der Waals surface area (Å²) < 4.78 is 0. The standard InChI is InChI=1S/C26H20N4/c1-3-10-19(11-4-1)24(20-12-5-2-6-13-20)29-26-22-15-7-8-16-23(22)28-25(30-26)21-14-9-17-27-18-21/h1-18,24H,(H,28,29,30). The van der Waals surface area contributed by atoms with Gasteiger partial charge in [-0.1, -0.05) is 72.8 Å². The molecule has 0 radical (unpaired) electrons. The van der Waals surface area contributed by atoms with E-state index in [4.69, 9.17) is 9.97 Å². The molecule has 5 rings (SSSR count). The van der Waals surface area contributed by atoms with Gasteiger partial charge >= 0.3 is 0 Å². The molecular formula is C26H20N4. The van der Waals surface area contributed by atoms with Crippen molar-refractivity contribution >= 4 is 16.7 Å². The average Bonchev–Trinajstić information content (AvgIpc) is 2.84. The van der Waals surface area contributed by atoms with E-state index in [2.05, 4.69) is 64.9 Å². The van der Waals surface area contributed by atoms with Crippen LogP contribution in [0.2, 0.25) is 0 Å². The molecule has 3 aromatic carbocycles. The molecule has 0 atom stereocenters. The second kappa shape index (κ2) is 8.13. The first-order chi connectivity index (χ1) is 14.9. The second-order valence-corrected chi connectivity index (χ2v) is 7.05. The number of pyridine rings is 1. The van der Waals surface area contributed by atoms with Crippen LogP contribution in [0.4, 0.5) is 5.82 Å². The van der Waals surface area contributed by atoms with E-state index in [1.807, 2.05) is 42.5 Å². The fourth-order valence-electron chi connectivity index (χ4n) is 3.60. The van der Waals surface area contributed by atoms with Crippen molar-refractivity contribution in [1.82, 2.24) is 15.0 Å². The Kier molecular flexibility index (Phi) is 4.88. The van der Waals surface area contributed by atoms with E-state index in [0.29, 0.717) is 5.82 Å². The summed E-state index contributed by atoms with van der Waals surface area (Å²) in [7, 11) is 0. The summed E-state index contributed by atoms with van der Waals surface area (Å²) in [5, 5.41) is 4.68. The minimum atomic E-state index is -0.0348. The van der Waals surface area contributed by atoms with Crippen molar-refractivity contribution in [2.24, 2.45) is 0 Å². The Labute approximate surface area is 175 Å². The third-order valence-electron chi connectivity index (χ3n) is 5.07. The lowest BCUT2D eigenvalue weighted by Crippen LogP contribution is -2.14. The highest BCUT2D eigenvalue weighted by Crippen LogP contribution is 2.30. The van der Waals surface area contributed by atoms with Crippen LogP contribution in [0.1, 0.15) is 17.2 Å². The summed E-state index contributed by atoms with van der Waals surface area (Å²) in [5.74, 6) is 1.46. The van der Waals surface area contributed by atoms with Gasteiger partial charge in [-0.2, -0.15) is 0 Å². The molecule has 0 amide bonds. The maximum absolute atomic E-state index is 4.90.